The first kappa shape index (κ1) is 17.2. The summed E-state index contributed by atoms with van der Waals surface area (Å²) in [6, 6.07) is 0. The maximum Gasteiger partial charge on any atom is 0.257 e. The molecule has 0 radical (unpaired) electrons. The summed E-state index contributed by atoms with van der Waals surface area (Å²) in [6.07, 6.45) is 5.28. The van der Waals surface area contributed by atoms with Crippen LogP contribution in [0.4, 0.5) is 4.39 Å². The summed E-state index contributed by atoms with van der Waals surface area (Å²) in [4.78, 5) is 13.9. The number of amides is 1. The molecule has 2 saturated heterocycles. The van der Waals surface area contributed by atoms with Crippen LogP contribution in [-0.4, -0.2) is 75.1 Å². The largest absolute Gasteiger partial charge is 0.369 e. The molecule has 0 aliphatic carbocycles. The van der Waals surface area contributed by atoms with E-state index in [0.29, 0.717) is 5.56 Å². The Morgan fingerprint density at radius 3 is 2.69 bits per heavy atom. The number of hydrogen-bond donors (Lipinski definition) is 0. The molecule has 0 bridgehead atoms. The maximum atomic E-state index is 13.0. The van der Waals surface area contributed by atoms with E-state index in [-0.39, 0.29) is 37.9 Å². The van der Waals surface area contributed by atoms with Gasteiger partial charge in [-0.05, 0) is 0 Å². The fourth-order valence-electron chi connectivity index (χ4n) is 3.40. The molecular weight excluding hydrogens is 365 g/mol. The van der Waals surface area contributed by atoms with E-state index in [2.05, 4.69) is 10.2 Å². The smallest absolute Gasteiger partial charge is 0.257 e. The molecule has 0 unspecified atom stereocenters. The lowest BCUT2D eigenvalue weighted by atomic mass is 9.95. The Morgan fingerprint density at radius 2 is 2.12 bits per heavy atom. The fraction of sp³-hybridized carbons (Fsp3) is 0.533. The number of aryl methyl sites for hydroxylation is 1. The molecule has 0 N–H and O–H groups in total. The van der Waals surface area contributed by atoms with E-state index in [1.54, 1.807) is 18.1 Å². The number of aromatic nitrogens is 4. The zero-order valence-corrected chi connectivity index (χ0v) is 14.9. The molecule has 2 aromatic rings. The Labute approximate surface area is 149 Å². The van der Waals surface area contributed by atoms with Crippen LogP contribution < -0.4 is 0 Å². The number of rotatable bonds is 3. The first-order valence-electron chi connectivity index (χ1n) is 8.08. The molecule has 1 atom stereocenters. The van der Waals surface area contributed by atoms with Crippen LogP contribution in [0.1, 0.15) is 10.4 Å². The lowest BCUT2D eigenvalue weighted by molar-refractivity contribution is -0.121. The molecular formula is C15H18FN5O4S. The van der Waals surface area contributed by atoms with Crippen molar-refractivity contribution < 1.29 is 22.3 Å². The van der Waals surface area contributed by atoms with Gasteiger partial charge in [0.2, 0.25) is 0 Å². The van der Waals surface area contributed by atoms with Gasteiger partial charge in [-0.1, -0.05) is 0 Å². The topological polar surface area (TPSA) is 99.3 Å². The molecule has 1 spiro atoms. The normalized spacial score (nSPS) is 23.8. The van der Waals surface area contributed by atoms with Gasteiger partial charge in [0.25, 0.3) is 5.91 Å². The summed E-state index contributed by atoms with van der Waals surface area (Å²) >= 11 is 0. The third kappa shape index (κ3) is 3.01. The van der Waals surface area contributed by atoms with Crippen molar-refractivity contribution in [3.8, 4) is 0 Å². The van der Waals surface area contributed by atoms with Crippen LogP contribution in [0, 0.1) is 5.82 Å². The summed E-state index contributed by atoms with van der Waals surface area (Å²) in [5.41, 5.74) is -0.401. The molecule has 0 aromatic carbocycles. The number of halogens is 1. The SMILES string of the molecule is Cn1cc(C(=O)N2CC3(C2)CS(=O)(=O)[C@@H](Cn2cc(F)cn2)CO3)cn1. The van der Waals surface area contributed by atoms with Crippen molar-refractivity contribution in [1.29, 1.82) is 0 Å². The van der Waals surface area contributed by atoms with Gasteiger partial charge in [0.1, 0.15) is 10.9 Å². The quantitative estimate of drug-likeness (QED) is 0.706. The summed E-state index contributed by atoms with van der Waals surface area (Å²) < 4.78 is 46.9. The number of sulfone groups is 1. The zero-order valence-electron chi connectivity index (χ0n) is 14.1. The number of likely N-dealkylation sites (tertiary alicyclic amines) is 1. The lowest BCUT2D eigenvalue weighted by Gasteiger charge is -2.52. The Morgan fingerprint density at radius 1 is 1.35 bits per heavy atom. The van der Waals surface area contributed by atoms with Gasteiger partial charge in [0, 0.05) is 13.2 Å². The highest BCUT2D eigenvalue weighted by molar-refractivity contribution is 7.92. The molecule has 4 rings (SSSR count). The van der Waals surface area contributed by atoms with E-state index in [1.165, 1.54) is 15.6 Å². The van der Waals surface area contributed by atoms with Gasteiger partial charge in [-0.25, -0.2) is 12.8 Å². The van der Waals surface area contributed by atoms with Crippen molar-refractivity contribution >= 4 is 15.7 Å². The number of carbonyl (C=O) groups is 1. The van der Waals surface area contributed by atoms with Crippen molar-refractivity contribution in [1.82, 2.24) is 24.5 Å². The molecule has 26 heavy (non-hydrogen) atoms. The Bertz CT molecular complexity index is 947. The Hall–Kier alpha value is -2.27. The molecule has 11 heteroatoms. The van der Waals surface area contributed by atoms with Crippen molar-refractivity contribution in [2.24, 2.45) is 7.05 Å². The minimum absolute atomic E-state index is 0.00125. The standard InChI is InChI=1S/C15H18FN5O4S/c1-19-4-11(2-17-19)14(22)20-8-15(9-20)10-26(23,24)13(7-25-15)6-21-5-12(16)3-18-21/h2-5,13H,6-10H2,1H3/t13-/m0/s1. The second-order valence-corrected chi connectivity index (χ2v) is 9.15. The summed E-state index contributed by atoms with van der Waals surface area (Å²) in [6.45, 7) is 0.492. The fourth-order valence-corrected chi connectivity index (χ4v) is 5.29. The zero-order chi connectivity index (χ0) is 18.5. The molecule has 9 nitrogen and oxygen atoms in total. The van der Waals surface area contributed by atoms with Crippen LogP contribution in [0.3, 0.4) is 0 Å². The lowest BCUT2D eigenvalue weighted by Crippen LogP contribution is -2.70. The van der Waals surface area contributed by atoms with Crippen molar-refractivity contribution in [3.63, 3.8) is 0 Å². The van der Waals surface area contributed by atoms with Crippen LogP contribution in [0.5, 0.6) is 0 Å². The van der Waals surface area contributed by atoms with Gasteiger partial charge in [-0.15, -0.1) is 0 Å². The van der Waals surface area contributed by atoms with E-state index in [9.17, 15) is 17.6 Å². The van der Waals surface area contributed by atoms with Crippen molar-refractivity contribution in [3.05, 3.63) is 36.2 Å². The third-order valence-electron chi connectivity index (χ3n) is 4.74. The van der Waals surface area contributed by atoms with Crippen LogP contribution in [0.25, 0.3) is 0 Å². The highest BCUT2D eigenvalue weighted by Crippen LogP contribution is 2.33. The van der Waals surface area contributed by atoms with Gasteiger partial charge in [0.15, 0.2) is 15.7 Å². The van der Waals surface area contributed by atoms with Crippen LogP contribution in [-0.2, 0) is 28.2 Å². The highest BCUT2D eigenvalue weighted by Gasteiger charge is 2.54. The van der Waals surface area contributed by atoms with Crippen LogP contribution in [0.15, 0.2) is 24.8 Å². The summed E-state index contributed by atoms with van der Waals surface area (Å²) in [5, 5.41) is 6.96. The van der Waals surface area contributed by atoms with Crippen molar-refractivity contribution in [2.75, 3.05) is 25.4 Å². The predicted molar refractivity (Wildman–Crippen MR) is 87.6 cm³/mol. The maximum absolute atomic E-state index is 13.0. The second kappa shape index (κ2) is 5.88. The first-order valence-corrected chi connectivity index (χ1v) is 9.79. The monoisotopic (exact) mass is 383 g/mol. The second-order valence-electron chi connectivity index (χ2n) is 6.87. The van der Waals surface area contributed by atoms with Gasteiger partial charge in [0.05, 0.1) is 56.1 Å². The summed E-state index contributed by atoms with van der Waals surface area (Å²) in [7, 11) is -1.73. The van der Waals surface area contributed by atoms with Crippen LogP contribution >= 0.6 is 0 Å². The van der Waals surface area contributed by atoms with E-state index in [0.717, 1.165) is 12.4 Å². The molecule has 2 fully saturated rings. The van der Waals surface area contributed by atoms with Gasteiger partial charge < -0.3 is 9.64 Å². The minimum Gasteiger partial charge on any atom is -0.369 e. The molecule has 2 aromatic heterocycles. The Kier molecular flexibility index (Phi) is 3.88. The third-order valence-corrected chi connectivity index (χ3v) is 6.97. The average molecular weight is 383 g/mol. The van der Waals surface area contributed by atoms with E-state index in [1.807, 2.05) is 0 Å². The number of ether oxygens (including phenoxy) is 1. The predicted octanol–water partition coefficient (Wildman–Crippen LogP) is -0.536. The van der Waals surface area contributed by atoms with E-state index in [4.69, 9.17) is 4.74 Å². The Balaban J connectivity index is 1.40. The molecule has 0 saturated carbocycles. The van der Waals surface area contributed by atoms with Gasteiger partial charge in [-0.2, -0.15) is 10.2 Å². The molecule has 2 aliphatic heterocycles. The van der Waals surface area contributed by atoms with Crippen LogP contribution in [0.2, 0.25) is 0 Å². The van der Waals surface area contributed by atoms with Gasteiger partial charge in [-0.3, -0.25) is 14.2 Å². The molecule has 2 aliphatic rings. The number of hydrogen-bond acceptors (Lipinski definition) is 6. The highest BCUT2D eigenvalue weighted by atomic mass is 32.2. The molecule has 1 amide bonds. The minimum atomic E-state index is -3.45. The first-order chi connectivity index (χ1) is 12.3. The molecule has 4 heterocycles. The number of nitrogens with zero attached hydrogens (tertiary/aromatic N) is 5. The van der Waals surface area contributed by atoms with Gasteiger partial charge >= 0.3 is 0 Å². The molecule has 140 valence electrons. The van der Waals surface area contributed by atoms with Crippen molar-refractivity contribution in [2.45, 2.75) is 17.4 Å². The summed E-state index contributed by atoms with van der Waals surface area (Å²) in [5.74, 6) is -0.872. The van der Waals surface area contributed by atoms with E-state index >= 15 is 0 Å². The average Bonchev–Trinajstić information content (AvgIpc) is 3.14. The number of carbonyl (C=O) groups excluding carboxylic acids is 1. The van der Waals surface area contributed by atoms with E-state index < -0.39 is 26.5 Å².